The number of aryl methyl sites for hydroxylation is 1. The number of carbonyl (C=O) groups is 2. The molecule has 0 saturated carbocycles. The Morgan fingerprint density at radius 2 is 1.29 bits per heavy atom. The van der Waals surface area contributed by atoms with Crippen molar-refractivity contribution in [2.45, 2.75) is 52.1 Å². The molecule has 5 heteroatoms. The topological polar surface area (TPSA) is 83.8 Å². The fourth-order valence-corrected chi connectivity index (χ4v) is 4.77. The summed E-state index contributed by atoms with van der Waals surface area (Å²) in [6, 6.07) is 30.6. The van der Waals surface area contributed by atoms with Gasteiger partial charge in [-0.3, -0.25) is 0 Å². The number of carboxylic acids is 2. The largest absolute Gasteiger partial charge is 0.488 e. The third-order valence-electron chi connectivity index (χ3n) is 7.38. The van der Waals surface area contributed by atoms with Gasteiger partial charge in [0.1, 0.15) is 12.4 Å². The minimum Gasteiger partial charge on any atom is -0.488 e. The van der Waals surface area contributed by atoms with Crippen molar-refractivity contribution in [3.63, 3.8) is 0 Å². The number of aromatic carboxylic acids is 2. The first-order valence-electron chi connectivity index (χ1n) is 14.2. The lowest BCUT2D eigenvalue weighted by molar-refractivity contribution is 0.0686. The predicted molar refractivity (Wildman–Crippen MR) is 167 cm³/mol. The first kappa shape index (κ1) is 30.3. The van der Waals surface area contributed by atoms with E-state index in [0.717, 1.165) is 47.3 Å². The summed E-state index contributed by atoms with van der Waals surface area (Å²) in [7, 11) is 0. The molecule has 216 valence electrons. The average Bonchev–Trinajstić information content (AvgIpc) is 2.98. The number of rotatable bonds is 12. The van der Waals surface area contributed by atoms with Gasteiger partial charge in [-0.05, 0) is 83.2 Å². The van der Waals surface area contributed by atoms with Crippen LogP contribution in [0.2, 0.25) is 0 Å². The van der Waals surface area contributed by atoms with E-state index in [1.807, 2.05) is 48.5 Å². The zero-order chi connectivity index (χ0) is 30.1. The van der Waals surface area contributed by atoms with Gasteiger partial charge in [0, 0.05) is 5.56 Å². The number of para-hydroxylation sites is 1. The maximum absolute atomic E-state index is 11.3. The first-order valence-corrected chi connectivity index (χ1v) is 14.2. The van der Waals surface area contributed by atoms with Crippen LogP contribution >= 0.6 is 0 Å². The quantitative estimate of drug-likeness (QED) is 0.181. The van der Waals surface area contributed by atoms with Crippen molar-refractivity contribution >= 4 is 18.0 Å². The Bertz CT molecular complexity index is 1510. The third-order valence-corrected chi connectivity index (χ3v) is 7.38. The lowest BCUT2D eigenvalue weighted by atomic mass is 9.87. The molecule has 0 radical (unpaired) electrons. The number of hydrogen-bond acceptors (Lipinski definition) is 3. The van der Waals surface area contributed by atoms with E-state index in [4.69, 9.17) is 4.74 Å². The molecule has 0 aliphatic rings. The van der Waals surface area contributed by atoms with Crippen LogP contribution in [-0.4, -0.2) is 22.2 Å². The molecule has 0 amide bonds. The van der Waals surface area contributed by atoms with Gasteiger partial charge in [-0.25, -0.2) is 9.59 Å². The summed E-state index contributed by atoms with van der Waals surface area (Å²) in [4.78, 5) is 22.5. The Balaban J connectivity index is 1.49. The number of ether oxygens (including phenoxy) is 1. The van der Waals surface area contributed by atoms with Crippen LogP contribution in [0.25, 0.3) is 6.08 Å². The van der Waals surface area contributed by atoms with Crippen molar-refractivity contribution in [2.75, 3.05) is 0 Å². The van der Waals surface area contributed by atoms with Crippen molar-refractivity contribution in [3.8, 4) is 5.75 Å². The molecule has 0 spiro atoms. The van der Waals surface area contributed by atoms with Crippen molar-refractivity contribution in [2.24, 2.45) is 5.92 Å². The highest BCUT2D eigenvalue weighted by molar-refractivity contribution is 5.88. The summed E-state index contributed by atoms with van der Waals surface area (Å²) in [5.74, 6) is -0.903. The summed E-state index contributed by atoms with van der Waals surface area (Å²) < 4.78 is 6.24. The lowest BCUT2D eigenvalue weighted by Gasteiger charge is -2.19. The molecule has 42 heavy (non-hydrogen) atoms. The SMILES string of the molecule is CC(C)(C)c1ccc(COc2ccccc2/C=C/[C@H](CCc2ccc(C(=O)O)cc2)Cc2ccc(C(=O)O)cc2)cc1. The summed E-state index contributed by atoms with van der Waals surface area (Å²) in [6.45, 7) is 7.08. The molecule has 0 saturated heterocycles. The van der Waals surface area contributed by atoms with Crippen LogP contribution in [0.4, 0.5) is 0 Å². The molecule has 0 heterocycles. The van der Waals surface area contributed by atoms with Crippen molar-refractivity contribution in [1.29, 1.82) is 0 Å². The Kier molecular flexibility index (Phi) is 9.98. The molecule has 0 bridgehead atoms. The molecule has 4 rings (SSSR count). The molecule has 4 aromatic carbocycles. The van der Waals surface area contributed by atoms with Crippen LogP contribution in [0.5, 0.6) is 5.75 Å². The Hall–Kier alpha value is -4.64. The van der Waals surface area contributed by atoms with Gasteiger partial charge in [-0.1, -0.05) is 99.7 Å². The molecule has 0 unspecified atom stereocenters. The van der Waals surface area contributed by atoms with Gasteiger partial charge in [-0.2, -0.15) is 0 Å². The summed E-state index contributed by atoms with van der Waals surface area (Å²) in [6.07, 6.45) is 6.66. The molecular formula is C37H38O5. The summed E-state index contributed by atoms with van der Waals surface area (Å²) >= 11 is 0. The van der Waals surface area contributed by atoms with Gasteiger partial charge in [0.15, 0.2) is 0 Å². The molecule has 1 atom stereocenters. The molecule has 0 aliphatic carbocycles. The number of benzene rings is 4. The second-order valence-electron chi connectivity index (χ2n) is 11.6. The van der Waals surface area contributed by atoms with Crippen LogP contribution in [0.3, 0.4) is 0 Å². The fourth-order valence-electron chi connectivity index (χ4n) is 4.77. The zero-order valence-electron chi connectivity index (χ0n) is 24.4. The normalized spacial score (nSPS) is 12.3. The zero-order valence-corrected chi connectivity index (χ0v) is 24.4. The minimum atomic E-state index is -0.940. The van der Waals surface area contributed by atoms with Gasteiger partial charge in [-0.15, -0.1) is 0 Å². The smallest absolute Gasteiger partial charge is 0.335 e. The van der Waals surface area contributed by atoms with Gasteiger partial charge in [0.05, 0.1) is 11.1 Å². The van der Waals surface area contributed by atoms with E-state index < -0.39 is 11.9 Å². The number of allylic oxidation sites excluding steroid dienone is 1. The van der Waals surface area contributed by atoms with E-state index >= 15 is 0 Å². The van der Waals surface area contributed by atoms with Crippen molar-refractivity contribution in [3.05, 3.63) is 142 Å². The van der Waals surface area contributed by atoms with Crippen LogP contribution < -0.4 is 4.74 Å². The highest BCUT2D eigenvalue weighted by Gasteiger charge is 2.13. The van der Waals surface area contributed by atoms with Crippen LogP contribution in [-0.2, 0) is 24.9 Å². The third kappa shape index (κ3) is 8.68. The molecule has 0 fully saturated rings. The van der Waals surface area contributed by atoms with Crippen LogP contribution in [0.15, 0.2) is 103 Å². The Labute approximate surface area is 248 Å². The van der Waals surface area contributed by atoms with Gasteiger partial charge in [0.25, 0.3) is 0 Å². The van der Waals surface area contributed by atoms with E-state index in [9.17, 15) is 19.8 Å². The predicted octanol–water partition coefficient (Wildman–Crippen LogP) is 8.46. The van der Waals surface area contributed by atoms with Gasteiger partial charge >= 0.3 is 11.9 Å². The molecule has 5 nitrogen and oxygen atoms in total. The maximum atomic E-state index is 11.3. The highest BCUT2D eigenvalue weighted by atomic mass is 16.5. The molecule has 2 N–H and O–H groups in total. The van der Waals surface area contributed by atoms with Crippen LogP contribution in [0, 0.1) is 5.92 Å². The van der Waals surface area contributed by atoms with E-state index in [0.29, 0.717) is 6.61 Å². The fraction of sp³-hybridized carbons (Fsp3) is 0.243. The molecule has 0 aromatic heterocycles. The maximum Gasteiger partial charge on any atom is 0.335 e. The number of hydrogen-bond donors (Lipinski definition) is 2. The van der Waals surface area contributed by atoms with Crippen molar-refractivity contribution in [1.82, 2.24) is 0 Å². The van der Waals surface area contributed by atoms with Crippen molar-refractivity contribution < 1.29 is 24.5 Å². The molecule has 0 aliphatic heterocycles. The summed E-state index contributed by atoms with van der Waals surface area (Å²) in [5.41, 5.74) is 6.15. The standard InChI is InChI=1S/C37H38O5/c1-37(2,3)33-22-15-29(16-23-33)25-42-34-7-5-4-6-30(34)17-12-27(24-28-13-20-32(21-14-28)36(40)41)9-8-26-10-18-31(19-11-26)35(38)39/h4-7,10-23,27H,8-9,24-25H2,1-3H3,(H,38,39)(H,40,41)/b17-12+/t27-/m0/s1. The lowest BCUT2D eigenvalue weighted by Crippen LogP contribution is -2.10. The monoisotopic (exact) mass is 562 g/mol. The Morgan fingerprint density at radius 1 is 0.738 bits per heavy atom. The second-order valence-corrected chi connectivity index (χ2v) is 11.6. The number of carboxylic acid groups (broad SMARTS) is 2. The highest BCUT2D eigenvalue weighted by Crippen LogP contribution is 2.26. The Morgan fingerprint density at radius 3 is 1.86 bits per heavy atom. The second kappa shape index (κ2) is 13.8. The van der Waals surface area contributed by atoms with E-state index in [2.05, 4.69) is 57.2 Å². The van der Waals surface area contributed by atoms with Crippen LogP contribution in [0.1, 0.15) is 75.7 Å². The van der Waals surface area contributed by atoms with Gasteiger partial charge in [0.2, 0.25) is 0 Å². The minimum absolute atomic E-state index is 0.105. The van der Waals surface area contributed by atoms with Gasteiger partial charge < -0.3 is 14.9 Å². The summed E-state index contributed by atoms with van der Waals surface area (Å²) in [5, 5.41) is 18.5. The molecule has 4 aromatic rings. The first-order chi connectivity index (χ1) is 20.1. The van der Waals surface area contributed by atoms with E-state index in [-0.39, 0.29) is 22.5 Å². The molecular weight excluding hydrogens is 524 g/mol. The van der Waals surface area contributed by atoms with E-state index in [1.54, 1.807) is 24.3 Å². The average molecular weight is 563 g/mol. The van der Waals surface area contributed by atoms with E-state index in [1.165, 1.54) is 5.56 Å².